The van der Waals surface area contributed by atoms with Crippen LogP contribution in [0.4, 0.5) is 0 Å². The Balaban J connectivity index is 1.57. The molecule has 146 valence electrons. The van der Waals surface area contributed by atoms with Crippen LogP contribution in [0.3, 0.4) is 0 Å². The normalized spacial score (nSPS) is 16.0. The van der Waals surface area contributed by atoms with Gasteiger partial charge in [0, 0.05) is 24.9 Å². The number of amides is 1. The Hall–Kier alpha value is -2.71. The van der Waals surface area contributed by atoms with Gasteiger partial charge < -0.3 is 9.42 Å². The number of sulfonamides is 1. The molecule has 1 aromatic heterocycles. The van der Waals surface area contributed by atoms with Crippen molar-refractivity contribution in [3.05, 3.63) is 65.9 Å². The van der Waals surface area contributed by atoms with Crippen LogP contribution in [0, 0.1) is 0 Å². The van der Waals surface area contributed by atoms with Crippen LogP contribution in [0.1, 0.15) is 30.1 Å². The van der Waals surface area contributed by atoms with Crippen molar-refractivity contribution < 1.29 is 17.7 Å². The van der Waals surface area contributed by atoms with Gasteiger partial charge in [-0.25, -0.2) is 13.1 Å². The number of nitrogens with one attached hydrogen (secondary N) is 1. The third-order valence-electron chi connectivity index (χ3n) is 4.88. The van der Waals surface area contributed by atoms with Crippen molar-refractivity contribution in [2.75, 3.05) is 13.1 Å². The summed E-state index contributed by atoms with van der Waals surface area (Å²) in [6.07, 6.45) is 1.32. The van der Waals surface area contributed by atoms with E-state index in [2.05, 4.69) is 9.88 Å². The number of rotatable bonds is 7. The number of hydrogen-bond acceptors (Lipinski definition) is 5. The van der Waals surface area contributed by atoms with E-state index in [9.17, 15) is 13.2 Å². The molecule has 3 aromatic rings. The Morgan fingerprint density at radius 1 is 1.11 bits per heavy atom. The van der Waals surface area contributed by atoms with Crippen LogP contribution < -0.4 is 4.72 Å². The first-order chi connectivity index (χ1) is 13.5. The number of para-hydroxylation sites is 1. The average molecular weight is 399 g/mol. The molecule has 1 amide bonds. The van der Waals surface area contributed by atoms with E-state index in [1.54, 1.807) is 17.0 Å². The monoisotopic (exact) mass is 399 g/mol. The molecule has 1 aliphatic heterocycles. The van der Waals surface area contributed by atoms with Gasteiger partial charge in [0.2, 0.25) is 15.9 Å². The first-order valence-corrected chi connectivity index (χ1v) is 10.8. The smallest absolute Gasteiger partial charge is 0.222 e. The number of likely N-dealkylation sites (tertiary alicyclic amines) is 1. The molecule has 1 aliphatic rings. The fourth-order valence-corrected chi connectivity index (χ4v) is 4.79. The number of hydrogen-bond donors (Lipinski definition) is 1. The van der Waals surface area contributed by atoms with E-state index in [1.807, 2.05) is 42.5 Å². The number of nitrogens with zero attached hydrogens (tertiary/aromatic N) is 2. The lowest BCUT2D eigenvalue weighted by molar-refractivity contribution is -0.127. The number of carbonyl (C=O) groups excluding carboxylic acids is 1. The predicted molar refractivity (Wildman–Crippen MR) is 105 cm³/mol. The van der Waals surface area contributed by atoms with Crippen LogP contribution in [0.5, 0.6) is 0 Å². The summed E-state index contributed by atoms with van der Waals surface area (Å²) in [5, 5.41) is 4.60. The molecule has 1 atom stereocenters. The Kier molecular flexibility index (Phi) is 5.15. The van der Waals surface area contributed by atoms with Gasteiger partial charge in [0.25, 0.3) is 0 Å². The minimum absolute atomic E-state index is 0.0580. The van der Waals surface area contributed by atoms with E-state index in [0.29, 0.717) is 36.2 Å². The second-order valence-electron chi connectivity index (χ2n) is 6.91. The van der Waals surface area contributed by atoms with E-state index in [4.69, 9.17) is 4.52 Å². The van der Waals surface area contributed by atoms with Gasteiger partial charge in [0.15, 0.2) is 5.58 Å². The highest BCUT2D eigenvalue weighted by molar-refractivity contribution is 7.88. The number of aromatic nitrogens is 1. The standard InChI is InChI=1S/C20H21N3O4S/c24-20-11-6-12-23(20)13-17(15-7-2-1-3-8-15)22-28(25,26)14-18-16-9-4-5-10-19(16)27-21-18/h1-5,7-10,17,22H,6,11-14H2/t17-/m1/s1. The lowest BCUT2D eigenvalue weighted by Gasteiger charge is -2.25. The molecule has 28 heavy (non-hydrogen) atoms. The first-order valence-electron chi connectivity index (χ1n) is 9.18. The highest BCUT2D eigenvalue weighted by Crippen LogP contribution is 2.22. The third kappa shape index (κ3) is 4.07. The molecule has 1 saturated heterocycles. The van der Waals surface area contributed by atoms with Gasteiger partial charge in [0.05, 0.1) is 6.04 Å². The molecule has 1 fully saturated rings. The van der Waals surface area contributed by atoms with E-state index >= 15 is 0 Å². The van der Waals surface area contributed by atoms with E-state index in [1.165, 1.54) is 0 Å². The Morgan fingerprint density at radius 2 is 1.86 bits per heavy atom. The molecule has 0 radical (unpaired) electrons. The summed E-state index contributed by atoms with van der Waals surface area (Å²) in [7, 11) is -3.71. The van der Waals surface area contributed by atoms with Crippen LogP contribution >= 0.6 is 0 Å². The van der Waals surface area contributed by atoms with E-state index < -0.39 is 16.1 Å². The fraction of sp³-hybridized carbons (Fsp3) is 0.300. The largest absolute Gasteiger partial charge is 0.356 e. The Labute approximate surface area is 163 Å². The minimum atomic E-state index is -3.71. The highest BCUT2D eigenvalue weighted by Gasteiger charge is 2.28. The summed E-state index contributed by atoms with van der Waals surface area (Å²) in [6, 6.07) is 15.9. The van der Waals surface area contributed by atoms with Gasteiger partial charge in [0.1, 0.15) is 11.4 Å². The summed E-state index contributed by atoms with van der Waals surface area (Å²) >= 11 is 0. The number of carbonyl (C=O) groups is 1. The predicted octanol–water partition coefficient (Wildman–Crippen LogP) is 2.61. The van der Waals surface area contributed by atoms with Crippen LogP contribution in [-0.4, -0.2) is 37.5 Å². The summed E-state index contributed by atoms with van der Waals surface area (Å²) in [5.74, 6) is -0.232. The van der Waals surface area contributed by atoms with Crippen LogP contribution in [0.25, 0.3) is 11.0 Å². The maximum atomic E-state index is 12.9. The second kappa shape index (κ2) is 7.73. The van der Waals surface area contributed by atoms with Crippen molar-refractivity contribution in [1.29, 1.82) is 0 Å². The van der Waals surface area contributed by atoms with E-state index in [-0.39, 0.29) is 11.7 Å². The van der Waals surface area contributed by atoms with Gasteiger partial charge in [-0.3, -0.25) is 4.79 Å². The lowest BCUT2D eigenvalue weighted by atomic mass is 10.1. The maximum Gasteiger partial charge on any atom is 0.222 e. The fourth-order valence-electron chi connectivity index (χ4n) is 3.49. The first kappa shape index (κ1) is 18.6. The van der Waals surface area contributed by atoms with Gasteiger partial charge in [-0.2, -0.15) is 0 Å². The van der Waals surface area contributed by atoms with E-state index in [0.717, 1.165) is 12.0 Å². The van der Waals surface area contributed by atoms with Crippen LogP contribution in [0.2, 0.25) is 0 Å². The quantitative estimate of drug-likeness (QED) is 0.659. The summed E-state index contributed by atoms with van der Waals surface area (Å²) < 4.78 is 33.7. The highest BCUT2D eigenvalue weighted by atomic mass is 32.2. The zero-order chi connectivity index (χ0) is 19.6. The molecule has 0 aliphatic carbocycles. The number of benzene rings is 2. The Bertz CT molecular complexity index is 1080. The molecule has 8 heteroatoms. The Morgan fingerprint density at radius 3 is 2.61 bits per heavy atom. The third-order valence-corrected chi connectivity index (χ3v) is 6.17. The molecule has 2 aromatic carbocycles. The summed E-state index contributed by atoms with van der Waals surface area (Å²) in [5.41, 5.74) is 1.73. The molecule has 4 rings (SSSR count). The van der Waals surface area contributed by atoms with Gasteiger partial charge in [-0.1, -0.05) is 47.6 Å². The van der Waals surface area contributed by atoms with Crippen LogP contribution in [-0.2, 0) is 20.6 Å². The number of fused-ring (bicyclic) bond motifs is 1. The van der Waals surface area contributed by atoms with Crippen molar-refractivity contribution in [3.8, 4) is 0 Å². The molecule has 0 bridgehead atoms. The molecule has 0 spiro atoms. The SMILES string of the molecule is O=C1CCCN1C[C@@H](NS(=O)(=O)Cc1noc2ccccc12)c1ccccc1. The van der Waals surface area contributed by atoms with Crippen molar-refractivity contribution in [2.45, 2.75) is 24.6 Å². The van der Waals surface area contributed by atoms with Crippen molar-refractivity contribution in [1.82, 2.24) is 14.8 Å². The van der Waals surface area contributed by atoms with Crippen molar-refractivity contribution >= 4 is 26.9 Å². The van der Waals surface area contributed by atoms with Crippen LogP contribution in [0.15, 0.2) is 59.1 Å². The minimum Gasteiger partial charge on any atom is -0.356 e. The van der Waals surface area contributed by atoms with Gasteiger partial charge >= 0.3 is 0 Å². The lowest BCUT2D eigenvalue weighted by Crippen LogP contribution is -2.39. The van der Waals surface area contributed by atoms with Crippen molar-refractivity contribution in [3.63, 3.8) is 0 Å². The zero-order valence-electron chi connectivity index (χ0n) is 15.2. The molecule has 2 heterocycles. The molecular formula is C20H21N3O4S. The average Bonchev–Trinajstić information content (AvgIpc) is 3.28. The summed E-state index contributed by atoms with van der Waals surface area (Å²) in [6.45, 7) is 0.958. The summed E-state index contributed by atoms with van der Waals surface area (Å²) in [4.78, 5) is 13.7. The molecule has 7 nitrogen and oxygen atoms in total. The topological polar surface area (TPSA) is 92.5 Å². The molecular weight excluding hydrogens is 378 g/mol. The molecule has 0 saturated carbocycles. The van der Waals surface area contributed by atoms with Gasteiger partial charge in [-0.15, -0.1) is 0 Å². The molecule has 1 N–H and O–H groups in total. The molecule has 0 unspecified atom stereocenters. The maximum absolute atomic E-state index is 12.9. The second-order valence-corrected chi connectivity index (χ2v) is 8.66. The van der Waals surface area contributed by atoms with Gasteiger partial charge in [-0.05, 0) is 24.1 Å². The zero-order valence-corrected chi connectivity index (χ0v) is 16.1. The van der Waals surface area contributed by atoms with Crippen molar-refractivity contribution in [2.24, 2.45) is 0 Å².